The van der Waals surface area contributed by atoms with Crippen molar-refractivity contribution >= 4 is 37.7 Å². The molecule has 0 aromatic heterocycles. The molecule has 47 heavy (non-hydrogen) atoms. The number of nitrogens with one attached hydrogen (secondary N) is 1. The number of hydrogen-bond donors (Lipinski definition) is 1. The Morgan fingerprint density at radius 2 is 1.57 bits per heavy atom. The molecule has 1 unspecified atom stereocenters. The van der Waals surface area contributed by atoms with E-state index in [0.29, 0.717) is 29.7 Å². The van der Waals surface area contributed by atoms with E-state index in [1.54, 1.807) is 24.3 Å². The normalized spacial score (nSPS) is 17.6. The Morgan fingerprint density at radius 3 is 2.13 bits per heavy atom. The zero-order valence-corrected chi connectivity index (χ0v) is 26.9. The van der Waals surface area contributed by atoms with E-state index in [4.69, 9.17) is 4.74 Å². The average Bonchev–Trinajstić information content (AvgIpc) is 2.98. The van der Waals surface area contributed by atoms with E-state index in [2.05, 4.69) is 8.91 Å². The van der Waals surface area contributed by atoms with Crippen LogP contribution in [0.3, 0.4) is 0 Å². The molecule has 1 saturated heterocycles. The number of esters is 1. The average molecular weight is 701 g/mol. The molecule has 0 aliphatic carbocycles. The van der Waals surface area contributed by atoms with Crippen LogP contribution < -0.4 is 13.8 Å². The summed E-state index contributed by atoms with van der Waals surface area (Å²) in [6.45, 7) is 1.48. The Morgan fingerprint density at radius 1 is 0.957 bits per heavy atom. The van der Waals surface area contributed by atoms with Gasteiger partial charge >= 0.3 is 21.6 Å². The molecule has 1 fully saturated rings. The highest BCUT2D eigenvalue weighted by molar-refractivity contribution is 7.88. The van der Waals surface area contributed by atoms with Gasteiger partial charge in [-0.05, 0) is 78.8 Å². The van der Waals surface area contributed by atoms with E-state index in [0.717, 1.165) is 24.0 Å². The molecular formula is C31H32F4N2O8S2. The molecule has 0 saturated carbocycles. The summed E-state index contributed by atoms with van der Waals surface area (Å²) in [4.78, 5) is 26.9. The molecule has 0 bridgehead atoms. The highest BCUT2D eigenvalue weighted by atomic mass is 32.2. The van der Waals surface area contributed by atoms with Crippen molar-refractivity contribution in [1.82, 2.24) is 4.72 Å². The van der Waals surface area contributed by atoms with Crippen LogP contribution in [-0.4, -0.2) is 47.0 Å². The van der Waals surface area contributed by atoms with Crippen LogP contribution in [0, 0.1) is 11.7 Å². The van der Waals surface area contributed by atoms with Gasteiger partial charge in [-0.1, -0.05) is 36.4 Å². The second-order valence-electron chi connectivity index (χ2n) is 11.0. The third-order valence-electron chi connectivity index (χ3n) is 7.44. The maximum Gasteiger partial charge on any atom is 0.534 e. The van der Waals surface area contributed by atoms with Gasteiger partial charge in [0.2, 0.25) is 15.9 Å². The molecule has 1 aliphatic heterocycles. The topological polar surface area (TPSA) is 136 Å². The zero-order valence-electron chi connectivity index (χ0n) is 25.2. The lowest BCUT2D eigenvalue weighted by atomic mass is 9.78. The van der Waals surface area contributed by atoms with Gasteiger partial charge in [-0.3, -0.25) is 9.59 Å². The quantitative estimate of drug-likeness (QED) is 0.0596. The minimum Gasteiger partial charge on any atom is -0.458 e. The van der Waals surface area contributed by atoms with E-state index >= 15 is 0 Å². The number of aryl methyl sites for hydroxylation is 1. The Bertz CT molecular complexity index is 1780. The molecule has 1 amide bonds. The number of alkyl halides is 3. The molecular weight excluding hydrogens is 668 g/mol. The predicted molar refractivity (Wildman–Crippen MR) is 164 cm³/mol. The van der Waals surface area contributed by atoms with Crippen molar-refractivity contribution in [2.45, 2.75) is 50.3 Å². The number of hydrogen-bond acceptors (Lipinski definition) is 8. The first kappa shape index (κ1) is 35.8. The lowest BCUT2D eigenvalue weighted by molar-refractivity contribution is -0.147. The maximum atomic E-state index is 13.6. The fraction of sp³-hybridized carbons (Fsp3) is 0.355. The number of β-lactam (4-membered cyclic amide) rings is 1. The third kappa shape index (κ3) is 9.29. The Kier molecular flexibility index (Phi) is 11.0. The van der Waals surface area contributed by atoms with E-state index in [9.17, 15) is 44.0 Å². The van der Waals surface area contributed by atoms with Gasteiger partial charge in [-0.15, -0.1) is 0 Å². The van der Waals surface area contributed by atoms with E-state index in [-0.39, 0.29) is 25.3 Å². The van der Waals surface area contributed by atoms with E-state index in [1.807, 2.05) is 0 Å². The van der Waals surface area contributed by atoms with Crippen molar-refractivity contribution in [3.63, 3.8) is 0 Å². The number of sulfonamides is 1. The van der Waals surface area contributed by atoms with Crippen molar-refractivity contribution in [1.29, 1.82) is 0 Å². The summed E-state index contributed by atoms with van der Waals surface area (Å²) in [5.74, 6) is -2.57. The lowest BCUT2D eigenvalue weighted by Crippen LogP contribution is -2.55. The standard InChI is InChI=1S/C31H32F4N2O8S2/c1-20(38)44-28(22-7-11-24(32)12-8-22)18-17-27-29(23-9-15-26(16-10-23)45-47(42,43)31(33,34)35)37(30(27)39)25-13-5-21(6-14-25)4-3-19-36-46(2,40)41/h5-16,27-29,36H,3-4,17-19H2,1-2H3/t27-,28?,29-/m1/s1. The number of benzene rings is 3. The van der Waals surface area contributed by atoms with Gasteiger partial charge in [-0.2, -0.15) is 21.6 Å². The number of carbonyl (C=O) groups is 2. The highest BCUT2D eigenvalue weighted by Gasteiger charge is 2.50. The highest BCUT2D eigenvalue weighted by Crippen LogP contribution is 2.47. The molecule has 254 valence electrons. The lowest BCUT2D eigenvalue weighted by Gasteiger charge is -2.48. The fourth-order valence-electron chi connectivity index (χ4n) is 5.27. The van der Waals surface area contributed by atoms with Gasteiger partial charge in [0.15, 0.2) is 0 Å². The molecule has 3 aromatic carbocycles. The summed E-state index contributed by atoms with van der Waals surface area (Å²) in [7, 11) is -9.20. The monoisotopic (exact) mass is 700 g/mol. The van der Waals surface area contributed by atoms with Crippen LogP contribution in [0.5, 0.6) is 5.75 Å². The number of carbonyl (C=O) groups excluding carboxylic acids is 2. The number of ether oxygens (including phenoxy) is 1. The number of amides is 1. The van der Waals surface area contributed by atoms with Gasteiger partial charge < -0.3 is 13.8 Å². The third-order valence-corrected chi connectivity index (χ3v) is 9.14. The van der Waals surface area contributed by atoms with Crippen molar-refractivity contribution < 1.29 is 52.9 Å². The first-order chi connectivity index (χ1) is 21.9. The molecule has 0 radical (unpaired) electrons. The van der Waals surface area contributed by atoms with Crippen molar-refractivity contribution in [3.8, 4) is 5.75 Å². The zero-order chi connectivity index (χ0) is 34.6. The number of rotatable bonds is 14. The summed E-state index contributed by atoms with van der Waals surface area (Å²) in [5, 5.41) is 0. The van der Waals surface area contributed by atoms with Gasteiger partial charge in [0.05, 0.1) is 18.2 Å². The summed E-state index contributed by atoms with van der Waals surface area (Å²) >= 11 is 0. The van der Waals surface area contributed by atoms with Crippen LogP contribution in [0.15, 0.2) is 72.8 Å². The maximum absolute atomic E-state index is 13.6. The van der Waals surface area contributed by atoms with Crippen molar-refractivity contribution in [2.24, 2.45) is 5.92 Å². The van der Waals surface area contributed by atoms with Gasteiger partial charge in [0.1, 0.15) is 17.7 Å². The summed E-state index contributed by atoms with van der Waals surface area (Å²) < 4.78 is 110. The first-order valence-electron chi connectivity index (χ1n) is 14.4. The molecule has 1 aliphatic rings. The van der Waals surface area contributed by atoms with Crippen LogP contribution >= 0.6 is 0 Å². The number of nitrogens with zero attached hydrogens (tertiary/aromatic N) is 1. The summed E-state index contributed by atoms with van der Waals surface area (Å²) in [5.41, 5.74) is -3.21. The van der Waals surface area contributed by atoms with Crippen LogP contribution in [0.25, 0.3) is 0 Å². The molecule has 3 aromatic rings. The van der Waals surface area contributed by atoms with Crippen LogP contribution in [-0.2, 0) is 40.9 Å². The Balaban J connectivity index is 1.57. The number of halogens is 4. The van der Waals surface area contributed by atoms with Crippen LogP contribution in [0.2, 0.25) is 0 Å². The largest absolute Gasteiger partial charge is 0.534 e. The second kappa shape index (κ2) is 14.4. The summed E-state index contributed by atoms with van der Waals surface area (Å²) in [6.07, 6.45) is 1.79. The molecule has 10 nitrogen and oxygen atoms in total. The van der Waals surface area contributed by atoms with Crippen LogP contribution in [0.4, 0.5) is 23.2 Å². The van der Waals surface area contributed by atoms with Gasteiger partial charge in [0.25, 0.3) is 0 Å². The van der Waals surface area contributed by atoms with Crippen molar-refractivity contribution in [2.75, 3.05) is 17.7 Å². The van der Waals surface area contributed by atoms with E-state index in [1.165, 1.54) is 48.2 Å². The number of anilines is 1. The molecule has 3 atom stereocenters. The van der Waals surface area contributed by atoms with Crippen molar-refractivity contribution in [3.05, 3.63) is 95.3 Å². The molecule has 1 heterocycles. The second-order valence-corrected chi connectivity index (χ2v) is 14.3. The molecule has 0 spiro atoms. The predicted octanol–water partition coefficient (Wildman–Crippen LogP) is 5.32. The first-order valence-corrected chi connectivity index (χ1v) is 17.7. The van der Waals surface area contributed by atoms with Gasteiger partial charge in [-0.25, -0.2) is 17.5 Å². The molecule has 16 heteroatoms. The summed E-state index contributed by atoms with van der Waals surface area (Å²) in [6, 6.07) is 16.6. The van der Waals surface area contributed by atoms with E-state index < -0.39 is 61.2 Å². The minimum absolute atomic E-state index is 0.192. The Hall–Kier alpha value is -4.02. The minimum atomic E-state index is -5.89. The molecule has 1 N–H and O–H groups in total. The van der Waals surface area contributed by atoms with Crippen LogP contribution in [0.1, 0.15) is 55.0 Å². The smallest absolute Gasteiger partial charge is 0.458 e. The Labute approximate surface area is 269 Å². The molecule has 4 rings (SSSR count). The fourth-order valence-corrected chi connectivity index (χ4v) is 6.24. The van der Waals surface area contributed by atoms with Gasteiger partial charge in [0, 0.05) is 19.2 Å². The SMILES string of the molecule is CC(=O)OC(CC[C@H]1C(=O)N(c2ccc(CCCNS(C)(=O)=O)cc2)[C@@H]1c1ccc(OS(=O)(=O)C(F)(F)F)cc1)c1ccc(F)cc1.